The number of benzene rings is 1. The summed E-state index contributed by atoms with van der Waals surface area (Å²) in [5.41, 5.74) is 1.06. The summed E-state index contributed by atoms with van der Waals surface area (Å²) >= 11 is 0. The Kier molecular flexibility index (Phi) is 3.39. The topological polar surface area (TPSA) is 41.8 Å². The Bertz CT molecular complexity index is 322. The first-order valence-corrected chi connectivity index (χ1v) is 3.87. The van der Waals surface area contributed by atoms with Crippen molar-refractivity contribution in [3.8, 4) is 5.75 Å². The van der Waals surface area contributed by atoms with Gasteiger partial charge in [-0.3, -0.25) is 0 Å². The van der Waals surface area contributed by atoms with Crippen molar-refractivity contribution in [2.24, 2.45) is 5.16 Å². The Labute approximate surface area is 79.6 Å². The summed E-state index contributed by atoms with van der Waals surface area (Å²) in [4.78, 5) is 0. The highest BCUT2D eigenvalue weighted by atomic mass is 19.3. The zero-order valence-electron chi connectivity index (χ0n) is 7.45. The number of alkyl halides is 2. The number of nitrogens with zero attached hydrogens (tertiary/aromatic N) is 1. The molecule has 0 unspecified atom stereocenters. The van der Waals surface area contributed by atoms with Crippen LogP contribution in [-0.2, 0) is 0 Å². The van der Waals surface area contributed by atoms with Crippen molar-refractivity contribution < 1.29 is 18.7 Å². The number of hydrogen-bond donors (Lipinski definition) is 1. The molecular formula is C9H9F2NO2. The van der Waals surface area contributed by atoms with Gasteiger partial charge in [-0.05, 0) is 36.8 Å². The van der Waals surface area contributed by atoms with Crippen molar-refractivity contribution >= 4 is 5.71 Å². The van der Waals surface area contributed by atoms with Gasteiger partial charge >= 0.3 is 6.61 Å². The second kappa shape index (κ2) is 4.55. The van der Waals surface area contributed by atoms with E-state index in [1.54, 1.807) is 6.92 Å². The van der Waals surface area contributed by atoms with E-state index < -0.39 is 6.61 Å². The molecule has 1 aromatic carbocycles. The van der Waals surface area contributed by atoms with Crippen LogP contribution in [0.5, 0.6) is 5.75 Å². The molecule has 76 valence electrons. The molecule has 0 bridgehead atoms. The van der Waals surface area contributed by atoms with Gasteiger partial charge in [0.05, 0.1) is 5.71 Å². The second-order valence-corrected chi connectivity index (χ2v) is 2.59. The quantitative estimate of drug-likeness (QED) is 0.463. The molecule has 0 radical (unpaired) electrons. The van der Waals surface area contributed by atoms with Crippen LogP contribution in [0.1, 0.15) is 12.5 Å². The van der Waals surface area contributed by atoms with Crippen molar-refractivity contribution in [1.29, 1.82) is 0 Å². The molecule has 0 aliphatic heterocycles. The molecule has 0 aromatic heterocycles. The van der Waals surface area contributed by atoms with Crippen LogP contribution in [0, 0.1) is 0 Å². The van der Waals surface area contributed by atoms with E-state index in [1.807, 2.05) is 0 Å². The van der Waals surface area contributed by atoms with E-state index in [9.17, 15) is 8.78 Å². The van der Waals surface area contributed by atoms with E-state index >= 15 is 0 Å². The van der Waals surface area contributed by atoms with Crippen molar-refractivity contribution in [3.05, 3.63) is 29.8 Å². The molecule has 0 aliphatic carbocycles. The predicted molar refractivity (Wildman–Crippen MR) is 47.1 cm³/mol. The smallest absolute Gasteiger partial charge is 0.387 e. The van der Waals surface area contributed by atoms with E-state index in [1.165, 1.54) is 24.3 Å². The largest absolute Gasteiger partial charge is 0.435 e. The lowest BCUT2D eigenvalue weighted by atomic mass is 10.1. The van der Waals surface area contributed by atoms with Crippen molar-refractivity contribution in [2.45, 2.75) is 13.5 Å². The van der Waals surface area contributed by atoms with Crippen molar-refractivity contribution in [3.63, 3.8) is 0 Å². The first-order chi connectivity index (χ1) is 6.63. The molecule has 0 atom stereocenters. The molecule has 0 amide bonds. The highest BCUT2D eigenvalue weighted by Gasteiger charge is 2.04. The minimum Gasteiger partial charge on any atom is -0.435 e. The molecule has 0 spiro atoms. The SMILES string of the molecule is C/C(=N\O)c1ccc(OC(F)F)cc1. The Balaban J connectivity index is 2.78. The first kappa shape index (κ1) is 10.4. The van der Waals surface area contributed by atoms with Gasteiger partial charge in [0.2, 0.25) is 0 Å². The Hall–Kier alpha value is -1.65. The summed E-state index contributed by atoms with van der Waals surface area (Å²) < 4.78 is 27.7. The number of rotatable bonds is 3. The van der Waals surface area contributed by atoms with Crippen LogP contribution in [0.25, 0.3) is 0 Å². The molecule has 0 fully saturated rings. The van der Waals surface area contributed by atoms with Crippen LogP contribution in [0.15, 0.2) is 29.4 Å². The van der Waals surface area contributed by atoms with Crippen LogP contribution in [-0.4, -0.2) is 17.5 Å². The Morgan fingerprint density at radius 1 is 1.36 bits per heavy atom. The third-order valence-corrected chi connectivity index (χ3v) is 1.65. The molecule has 1 N–H and O–H groups in total. The molecule has 1 rings (SSSR count). The summed E-state index contributed by atoms with van der Waals surface area (Å²) in [5, 5.41) is 11.4. The van der Waals surface area contributed by atoms with Crippen LogP contribution in [0.4, 0.5) is 8.78 Å². The number of halogens is 2. The van der Waals surface area contributed by atoms with E-state index in [4.69, 9.17) is 5.21 Å². The monoisotopic (exact) mass is 201 g/mol. The van der Waals surface area contributed by atoms with E-state index in [0.717, 1.165) is 0 Å². The molecule has 0 heterocycles. The second-order valence-electron chi connectivity index (χ2n) is 2.59. The van der Waals surface area contributed by atoms with Crippen molar-refractivity contribution in [1.82, 2.24) is 0 Å². The van der Waals surface area contributed by atoms with E-state index in [0.29, 0.717) is 11.3 Å². The highest BCUT2D eigenvalue weighted by Crippen LogP contribution is 2.15. The lowest BCUT2D eigenvalue weighted by Crippen LogP contribution is -2.02. The van der Waals surface area contributed by atoms with E-state index in [2.05, 4.69) is 9.89 Å². The van der Waals surface area contributed by atoms with E-state index in [-0.39, 0.29) is 5.75 Å². The molecule has 0 aliphatic rings. The van der Waals surface area contributed by atoms with Crippen LogP contribution < -0.4 is 4.74 Å². The Morgan fingerprint density at radius 2 is 1.93 bits per heavy atom. The van der Waals surface area contributed by atoms with Gasteiger partial charge in [-0.25, -0.2) is 0 Å². The number of oxime groups is 1. The van der Waals surface area contributed by atoms with Gasteiger partial charge in [0.25, 0.3) is 0 Å². The zero-order valence-corrected chi connectivity index (χ0v) is 7.45. The maximum absolute atomic E-state index is 11.8. The average Bonchev–Trinajstić information content (AvgIpc) is 2.17. The van der Waals surface area contributed by atoms with Gasteiger partial charge in [0.15, 0.2) is 0 Å². The summed E-state index contributed by atoms with van der Waals surface area (Å²) in [5.74, 6) is 0.0782. The lowest BCUT2D eigenvalue weighted by Gasteiger charge is -2.04. The fourth-order valence-electron chi connectivity index (χ4n) is 0.935. The van der Waals surface area contributed by atoms with Gasteiger partial charge in [0, 0.05) is 0 Å². The van der Waals surface area contributed by atoms with Crippen LogP contribution >= 0.6 is 0 Å². The first-order valence-electron chi connectivity index (χ1n) is 3.87. The molecule has 0 saturated heterocycles. The molecule has 1 aromatic rings. The summed E-state index contributed by atoms with van der Waals surface area (Å²) in [6.45, 7) is -1.23. The van der Waals surface area contributed by atoms with Crippen molar-refractivity contribution in [2.75, 3.05) is 0 Å². The normalized spacial score (nSPS) is 11.9. The Morgan fingerprint density at radius 3 is 2.36 bits per heavy atom. The standard InChI is InChI=1S/C9H9F2NO2/c1-6(12-13)7-2-4-8(5-3-7)14-9(10)11/h2-5,9,13H,1H3/b12-6+. The molecule has 5 heteroatoms. The summed E-state index contributed by atoms with van der Waals surface area (Å²) in [6.07, 6.45) is 0. The fourth-order valence-corrected chi connectivity index (χ4v) is 0.935. The minimum absolute atomic E-state index is 0.0782. The molecule has 3 nitrogen and oxygen atoms in total. The number of ether oxygens (including phenoxy) is 1. The molecular weight excluding hydrogens is 192 g/mol. The van der Waals surface area contributed by atoms with Crippen LogP contribution in [0.2, 0.25) is 0 Å². The third-order valence-electron chi connectivity index (χ3n) is 1.65. The fraction of sp³-hybridized carbons (Fsp3) is 0.222. The summed E-state index contributed by atoms with van der Waals surface area (Å²) in [7, 11) is 0. The zero-order chi connectivity index (χ0) is 10.6. The maximum atomic E-state index is 11.8. The van der Waals surface area contributed by atoms with Gasteiger partial charge < -0.3 is 9.94 Å². The molecule has 14 heavy (non-hydrogen) atoms. The van der Waals surface area contributed by atoms with Crippen LogP contribution in [0.3, 0.4) is 0 Å². The maximum Gasteiger partial charge on any atom is 0.387 e. The summed E-state index contributed by atoms with van der Waals surface area (Å²) in [6, 6.07) is 5.84. The number of hydrogen-bond acceptors (Lipinski definition) is 3. The third kappa shape index (κ3) is 2.69. The predicted octanol–water partition coefficient (Wildman–Crippen LogP) is 2.49. The van der Waals surface area contributed by atoms with Gasteiger partial charge in [-0.1, -0.05) is 5.16 Å². The lowest BCUT2D eigenvalue weighted by molar-refractivity contribution is -0.0498. The van der Waals surface area contributed by atoms with Gasteiger partial charge in [0.1, 0.15) is 5.75 Å². The highest BCUT2D eigenvalue weighted by molar-refractivity contribution is 5.98. The minimum atomic E-state index is -2.83. The average molecular weight is 201 g/mol. The van der Waals surface area contributed by atoms with Gasteiger partial charge in [-0.15, -0.1) is 0 Å². The molecule has 0 saturated carbocycles. The van der Waals surface area contributed by atoms with Gasteiger partial charge in [-0.2, -0.15) is 8.78 Å².